The molecule has 0 unspecified atom stereocenters. The van der Waals surface area contributed by atoms with Gasteiger partial charge in [0, 0.05) is 24.5 Å². The second-order valence-electron chi connectivity index (χ2n) is 6.80. The number of carbonyl (C=O) groups excluding carboxylic acids is 1. The summed E-state index contributed by atoms with van der Waals surface area (Å²) in [6.45, 7) is 3.36. The number of aliphatic carboxylic acids is 1. The molecule has 0 aliphatic carbocycles. The van der Waals surface area contributed by atoms with Crippen molar-refractivity contribution in [2.45, 2.75) is 45.1 Å². The molecular formula is C17H21N5O4. The van der Waals surface area contributed by atoms with Crippen molar-refractivity contribution in [2.75, 3.05) is 5.32 Å². The summed E-state index contributed by atoms with van der Waals surface area (Å²) in [5.41, 5.74) is 1.56. The maximum Gasteiger partial charge on any atom is 0.310 e. The molecule has 2 saturated heterocycles. The van der Waals surface area contributed by atoms with E-state index in [0.29, 0.717) is 18.7 Å². The zero-order valence-corrected chi connectivity index (χ0v) is 14.4. The lowest BCUT2D eigenvalue weighted by Crippen LogP contribution is -2.40. The molecule has 2 bridgehead atoms. The number of carbonyl (C=O) groups is 2. The quantitative estimate of drug-likeness (QED) is 0.795. The number of hydrogen-bond acceptors (Lipinski definition) is 5. The molecular weight excluding hydrogens is 338 g/mol. The summed E-state index contributed by atoms with van der Waals surface area (Å²) in [6.07, 6.45) is 7.79. The van der Waals surface area contributed by atoms with Gasteiger partial charge in [-0.3, -0.25) is 19.0 Å². The van der Waals surface area contributed by atoms with Crippen LogP contribution in [-0.2, 0) is 27.4 Å². The fraction of sp³-hybridized carbons (Fsp3) is 0.529. The Bertz CT molecular complexity index is 829. The zero-order valence-electron chi connectivity index (χ0n) is 14.4. The topological polar surface area (TPSA) is 111 Å². The van der Waals surface area contributed by atoms with Gasteiger partial charge >= 0.3 is 5.97 Å². The van der Waals surface area contributed by atoms with E-state index in [1.54, 1.807) is 23.3 Å². The fourth-order valence-electron chi connectivity index (χ4n) is 3.91. The van der Waals surface area contributed by atoms with Crippen molar-refractivity contribution in [3.05, 3.63) is 30.4 Å². The first-order valence-corrected chi connectivity index (χ1v) is 8.78. The highest BCUT2D eigenvalue weighted by Gasteiger charge is 2.55. The third kappa shape index (κ3) is 2.98. The lowest BCUT2D eigenvalue weighted by atomic mass is 9.78. The van der Waals surface area contributed by atoms with E-state index >= 15 is 0 Å². The highest BCUT2D eigenvalue weighted by atomic mass is 16.5. The van der Waals surface area contributed by atoms with Crippen LogP contribution in [0.1, 0.15) is 25.3 Å². The predicted octanol–water partition coefficient (Wildman–Crippen LogP) is 0.964. The highest BCUT2D eigenvalue weighted by Crippen LogP contribution is 2.44. The average Bonchev–Trinajstić information content (AvgIpc) is 3.38. The van der Waals surface area contributed by atoms with Gasteiger partial charge in [0.25, 0.3) is 0 Å². The van der Waals surface area contributed by atoms with Crippen LogP contribution in [0.25, 0.3) is 0 Å². The molecule has 4 atom stereocenters. The summed E-state index contributed by atoms with van der Waals surface area (Å²) >= 11 is 0. The molecule has 1 amide bonds. The molecule has 4 heterocycles. The van der Waals surface area contributed by atoms with Crippen molar-refractivity contribution >= 4 is 17.6 Å². The van der Waals surface area contributed by atoms with Crippen LogP contribution >= 0.6 is 0 Å². The minimum Gasteiger partial charge on any atom is -0.481 e. The van der Waals surface area contributed by atoms with E-state index in [2.05, 4.69) is 15.5 Å². The Kier molecular flexibility index (Phi) is 4.23. The normalized spacial score (nSPS) is 27.0. The molecule has 0 spiro atoms. The number of amides is 1. The SMILES string of the molecule is CCn1cc(Cn2cc(NC(=O)[C@@H]3[C@@H](C(=O)O)[C@H]4CC[C@H]3O4)cn2)cn1. The van der Waals surface area contributed by atoms with Crippen molar-refractivity contribution in [2.24, 2.45) is 11.8 Å². The summed E-state index contributed by atoms with van der Waals surface area (Å²) in [5, 5.41) is 20.7. The first-order valence-electron chi connectivity index (χ1n) is 8.78. The molecule has 2 aromatic heterocycles. The van der Waals surface area contributed by atoms with Crippen molar-refractivity contribution in [3.63, 3.8) is 0 Å². The van der Waals surface area contributed by atoms with E-state index in [1.807, 2.05) is 17.8 Å². The molecule has 9 nitrogen and oxygen atoms in total. The Morgan fingerprint density at radius 3 is 2.62 bits per heavy atom. The third-order valence-electron chi connectivity index (χ3n) is 5.12. The Morgan fingerprint density at radius 2 is 1.92 bits per heavy atom. The number of aromatic nitrogens is 4. The van der Waals surface area contributed by atoms with E-state index in [-0.39, 0.29) is 18.1 Å². The molecule has 2 aromatic rings. The monoisotopic (exact) mass is 359 g/mol. The van der Waals surface area contributed by atoms with Crippen LogP contribution in [0.4, 0.5) is 5.69 Å². The van der Waals surface area contributed by atoms with Gasteiger partial charge in [-0.1, -0.05) is 0 Å². The van der Waals surface area contributed by atoms with Gasteiger partial charge in [-0.05, 0) is 19.8 Å². The Balaban J connectivity index is 1.42. The molecule has 26 heavy (non-hydrogen) atoms. The van der Waals surface area contributed by atoms with Crippen LogP contribution in [0, 0.1) is 11.8 Å². The second-order valence-corrected chi connectivity index (χ2v) is 6.80. The lowest BCUT2D eigenvalue weighted by Gasteiger charge is -2.23. The van der Waals surface area contributed by atoms with E-state index < -0.39 is 17.8 Å². The largest absolute Gasteiger partial charge is 0.481 e. The molecule has 0 radical (unpaired) electrons. The number of anilines is 1. The molecule has 0 saturated carbocycles. The van der Waals surface area contributed by atoms with E-state index in [1.165, 1.54) is 0 Å². The maximum absolute atomic E-state index is 12.6. The molecule has 9 heteroatoms. The minimum absolute atomic E-state index is 0.309. The van der Waals surface area contributed by atoms with Crippen LogP contribution in [0.2, 0.25) is 0 Å². The van der Waals surface area contributed by atoms with Crippen molar-refractivity contribution in [1.82, 2.24) is 19.6 Å². The van der Waals surface area contributed by atoms with Gasteiger partial charge in [0.1, 0.15) is 0 Å². The molecule has 2 aliphatic rings. The zero-order chi connectivity index (χ0) is 18.3. The van der Waals surface area contributed by atoms with E-state index in [4.69, 9.17) is 4.74 Å². The Hall–Kier alpha value is -2.68. The smallest absolute Gasteiger partial charge is 0.310 e. The fourth-order valence-corrected chi connectivity index (χ4v) is 3.91. The molecule has 2 fully saturated rings. The van der Waals surface area contributed by atoms with Crippen molar-refractivity contribution < 1.29 is 19.4 Å². The molecule has 0 aromatic carbocycles. The average molecular weight is 359 g/mol. The number of fused-ring (bicyclic) bond motifs is 2. The maximum atomic E-state index is 12.6. The van der Waals surface area contributed by atoms with Crippen molar-refractivity contribution in [1.29, 1.82) is 0 Å². The van der Waals surface area contributed by atoms with Crippen LogP contribution in [0.5, 0.6) is 0 Å². The number of aryl methyl sites for hydroxylation is 1. The number of nitrogens with zero attached hydrogens (tertiary/aromatic N) is 4. The Labute approximate surface area is 149 Å². The summed E-state index contributed by atoms with van der Waals surface area (Å²) in [7, 11) is 0. The summed E-state index contributed by atoms with van der Waals surface area (Å²) in [4.78, 5) is 24.1. The van der Waals surface area contributed by atoms with Gasteiger partial charge < -0.3 is 15.2 Å². The molecule has 2 N–H and O–H groups in total. The number of nitrogens with one attached hydrogen (secondary N) is 1. The molecule has 4 rings (SSSR count). The lowest BCUT2D eigenvalue weighted by molar-refractivity contribution is -0.147. The van der Waals surface area contributed by atoms with Gasteiger partial charge in [0.05, 0.1) is 48.7 Å². The van der Waals surface area contributed by atoms with E-state index in [0.717, 1.165) is 18.5 Å². The van der Waals surface area contributed by atoms with Gasteiger partial charge in [0.2, 0.25) is 5.91 Å². The minimum atomic E-state index is -0.971. The van der Waals surface area contributed by atoms with Gasteiger partial charge in [-0.15, -0.1) is 0 Å². The first-order chi connectivity index (χ1) is 12.5. The number of rotatable bonds is 6. The second kappa shape index (κ2) is 6.56. The molecule has 138 valence electrons. The summed E-state index contributed by atoms with van der Waals surface area (Å²) in [6, 6.07) is 0. The summed E-state index contributed by atoms with van der Waals surface area (Å²) in [5.74, 6) is -2.72. The summed E-state index contributed by atoms with van der Waals surface area (Å²) < 4.78 is 9.19. The molecule has 2 aliphatic heterocycles. The van der Waals surface area contributed by atoms with Gasteiger partial charge in [-0.25, -0.2) is 0 Å². The number of ether oxygens (including phenoxy) is 1. The number of carboxylic acids is 1. The Morgan fingerprint density at radius 1 is 1.19 bits per heavy atom. The van der Waals surface area contributed by atoms with Crippen LogP contribution in [0.15, 0.2) is 24.8 Å². The van der Waals surface area contributed by atoms with E-state index in [9.17, 15) is 14.7 Å². The highest BCUT2D eigenvalue weighted by molar-refractivity contribution is 5.96. The predicted molar refractivity (Wildman–Crippen MR) is 90.4 cm³/mol. The number of hydrogen-bond donors (Lipinski definition) is 2. The van der Waals surface area contributed by atoms with Crippen LogP contribution < -0.4 is 5.32 Å². The first kappa shape index (κ1) is 16.8. The number of carboxylic acid groups (broad SMARTS) is 1. The third-order valence-corrected chi connectivity index (χ3v) is 5.12. The van der Waals surface area contributed by atoms with Crippen molar-refractivity contribution in [3.8, 4) is 0 Å². The van der Waals surface area contributed by atoms with Gasteiger partial charge in [0.15, 0.2) is 0 Å². The van der Waals surface area contributed by atoms with Crippen LogP contribution in [-0.4, -0.2) is 48.8 Å². The van der Waals surface area contributed by atoms with Crippen LogP contribution in [0.3, 0.4) is 0 Å². The standard InChI is InChI=1S/C17H21N5O4/c1-2-21-7-10(5-18-21)8-22-9-11(6-19-22)20-16(23)14-12-3-4-13(26-12)15(14)17(24)25/h5-7,9,12-15H,2-4,8H2,1H3,(H,20,23)(H,24,25)/t12-,13-,14+,15+/m1/s1. The van der Waals surface area contributed by atoms with Gasteiger partial charge in [-0.2, -0.15) is 10.2 Å².